The number of hydrogen-bond acceptors (Lipinski definition) is 9. The van der Waals surface area contributed by atoms with E-state index in [-0.39, 0.29) is 35.7 Å². The molecule has 0 saturated carbocycles. The largest absolute Gasteiger partial charge is 0.343 e. The number of piperidine rings is 2. The molecule has 0 spiro atoms. The van der Waals surface area contributed by atoms with Crippen LogP contribution >= 0.6 is 12.4 Å². The van der Waals surface area contributed by atoms with Crippen molar-refractivity contribution in [1.82, 2.24) is 60.1 Å². The highest BCUT2D eigenvalue weighted by atomic mass is 35.5. The molecule has 13 nitrogen and oxygen atoms in total. The van der Waals surface area contributed by atoms with Gasteiger partial charge in [-0.05, 0) is 108 Å². The van der Waals surface area contributed by atoms with Gasteiger partial charge in [-0.15, -0.1) is 22.6 Å². The zero-order valence-corrected chi connectivity index (χ0v) is 29.8. The molecule has 14 heteroatoms. The fourth-order valence-corrected chi connectivity index (χ4v) is 6.98. The Morgan fingerprint density at radius 1 is 1.04 bits per heavy atom. The van der Waals surface area contributed by atoms with Crippen LogP contribution in [0.2, 0.25) is 0 Å². The van der Waals surface area contributed by atoms with E-state index in [4.69, 9.17) is 10.1 Å². The average molecular weight is 687 g/mol. The molecule has 260 valence electrons. The molecule has 49 heavy (non-hydrogen) atoms. The molecule has 0 radical (unpaired) electrons. The van der Waals surface area contributed by atoms with Gasteiger partial charge in [-0.2, -0.15) is 15.0 Å². The highest BCUT2D eigenvalue weighted by Crippen LogP contribution is 2.31. The van der Waals surface area contributed by atoms with Gasteiger partial charge in [-0.25, -0.2) is 9.50 Å². The smallest absolute Gasteiger partial charge is 0.293 e. The summed E-state index contributed by atoms with van der Waals surface area (Å²) in [5.41, 5.74) is 6.23. The van der Waals surface area contributed by atoms with E-state index < -0.39 is 0 Å². The first-order valence-electron chi connectivity index (χ1n) is 17.2. The number of tetrazole rings is 1. The Morgan fingerprint density at radius 2 is 1.82 bits per heavy atom. The zero-order valence-electron chi connectivity index (χ0n) is 29.0. The molecule has 2 saturated heterocycles. The predicted octanol–water partition coefficient (Wildman–Crippen LogP) is 4.86. The van der Waals surface area contributed by atoms with Gasteiger partial charge in [0.2, 0.25) is 0 Å². The first-order chi connectivity index (χ1) is 23.1. The molecule has 4 aromatic heterocycles. The van der Waals surface area contributed by atoms with Crippen molar-refractivity contribution in [3.8, 4) is 22.5 Å². The van der Waals surface area contributed by atoms with Crippen molar-refractivity contribution < 1.29 is 4.79 Å². The van der Waals surface area contributed by atoms with Crippen LogP contribution in [0, 0.1) is 12.8 Å². The van der Waals surface area contributed by atoms with Crippen LogP contribution in [0.3, 0.4) is 0 Å². The van der Waals surface area contributed by atoms with Crippen molar-refractivity contribution in [2.24, 2.45) is 5.92 Å². The second-order valence-corrected chi connectivity index (χ2v) is 14.4. The second-order valence-electron chi connectivity index (χ2n) is 14.4. The third kappa shape index (κ3) is 7.53. The van der Waals surface area contributed by atoms with Gasteiger partial charge in [0.25, 0.3) is 11.7 Å². The summed E-state index contributed by atoms with van der Waals surface area (Å²) in [4.78, 5) is 22.2. The number of aromatic nitrogens is 9. The number of likely N-dealkylation sites (tertiary alicyclic amines) is 1. The van der Waals surface area contributed by atoms with E-state index in [0.717, 1.165) is 84.1 Å². The molecule has 2 aliphatic rings. The number of carbonyl (C=O) groups excluding carboxylic acids is 1. The van der Waals surface area contributed by atoms with Gasteiger partial charge < -0.3 is 15.5 Å². The SMILES string of the molecule is Cc1cc(-c2nc(-c3cnn(C4CCN(CC5CCNCC5)CC4)c3)cn3nccc23)ccc1[C@@H](C)NC(=O)c1nnn(C(C)(C)C)n1.Cl. The second kappa shape index (κ2) is 14.3. The number of fused-ring (bicyclic) bond motifs is 1. The Morgan fingerprint density at radius 3 is 2.53 bits per heavy atom. The number of benzene rings is 1. The van der Waals surface area contributed by atoms with E-state index in [1.165, 1.54) is 24.2 Å². The molecule has 5 aromatic rings. The number of rotatable bonds is 8. The number of halogens is 1. The Bertz CT molecular complexity index is 1890. The van der Waals surface area contributed by atoms with Gasteiger partial charge in [-0.3, -0.25) is 9.48 Å². The Labute approximate surface area is 293 Å². The fourth-order valence-electron chi connectivity index (χ4n) is 6.98. The van der Waals surface area contributed by atoms with E-state index in [1.807, 2.05) is 56.7 Å². The molecular formula is C35H47ClN12O. The van der Waals surface area contributed by atoms with Crippen LogP contribution in [-0.4, -0.2) is 88.1 Å². The van der Waals surface area contributed by atoms with Gasteiger partial charge in [0.15, 0.2) is 0 Å². The van der Waals surface area contributed by atoms with Crippen LogP contribution in [0.5, 0.6) is 0 Å². The van der Waals surface area contributed by atoms with Crippen LogP contribution in [-0.2, 0) is 5.54 Å². The molecule has 7 rings (SSSR count). The molecule has 1 atom stereocenters. The summed E-state index contributed by atoms with van der Waals surface area (Å²) in [5, 5.41) is 28.1. The van der Waals surface area contributed by atoms with E-state index >= 15 is 0 Å². The highest BCUT2D eigenvalue weighted by Gasteiger charge is 2.25. The van der Waals surface area contributed by atoms with Crippen molar-refractivity contribution in [1.29, 1.82) is 0 Å². The predicted molar refractivity (Wildman–Crippen MR) is 191 cm³/mol. The standard InChI is InChI=1S/C35H46N12O.ClH/c1-23-18-26(6-7-29(23)24(2)39-34(48)33-41-43-47(42-33)35(3,4)5)32-31-10-15-37-46(31)22-30(40-32)27-19-38-45(21-27)28-11-16-44(17-12-28)20-25-8-13-36-14-9-25;/h6-7,10,15,18-19,21-22,24-25,28,36H,8-9,11-14,16-17,20H2,1-5H3,(H,39,48);1H/t24-;/m1./s1. The maximum Gasteiger partial charge on any atom is 0.293 e. The average Bonchev–Trinajstić information content (AvgIpc) is 3.86. The maximum absolute atomic E-state index is 12.9. The molecule has 1 aromatic carbocycles. The summed E-state index contributed by atoms with van der Waals surface area (Å²) in [6.07, 6.45) is 12.7. The first kappa shape index (κ1) is 34.7. The van der Waals surface area contributed by atoms with Crippen LogP contribution < -0.4 is 10.6 Å². The summed E-state index contributed by atoms with van der Waals surface area (Å²) in [6, 6.07) is 8.34. The van der Waals surface area contributed by atoms with Crippen molar-refractivity contribution in [2.45, 2.75) is 77.9 Å². The van der Waals surface area contributed by atoms with Crippen molar-refractivity contribution in [3.63, 3.8) is 0 Å². The summed E-state index contributed by atoms with van der Waals surface area (Å²) >= 11 is 0. The lowest BCUT2D eigenvalue weighted by atomic mass is 9.96. The molecule has 0 bridgehead atoms. The zero-order chi connectivity index (χ0) is 33.4. The molecule has 2 aliphatic heterocycles. The molecule has 0 unspecified atom stereocenters. The number of aryl methyl sites for hydroxylation is 1. The van der Waals surface area contributed by atoms with E-state index in [9.17, 15) is 4.79 Å². The highest BCUT2D eigenvalue weighted by molar-refractivity contribution is 5.90. The number of nitrogens with zero attached hydrogens (tertiary/aromatic N) is 10. The molecular weight excluding hydrogens is 640 g/mol. The minimum Gasteiger partial charge on any atom is -0.343 e. The number of amides is 1. The summed E-state index contributed by atoms with van der Waals surface area (Å²) in [5.74, 6) is 0.517. The topological polar surface area (TPSA) is 136 Å². The molecule has 0 aliphatic carbocycles. The lowest BCUT2D eigenvalue weighted by Crippen LogP contribution is -2.40. The van der Waals surface area contributed by atoms with Gasteiger partial charge in [0, 0.05) is 37.0 Å². The van der Waals surface area contributed by atoms with Crippen molar-refractivity contribution in [2.75, 3.05) is 32.7 Å². The van der Waals surface area contributed by atoms with E-state index in [1.54, 1.807) is 6.20 Å². The van der Waals surface area contributed by atoms with E-state index in [2.05, 4.69) is 66.0 Å². The van der Waals surface area contributed by atoms with Crippen LogP contribution in [0.1, 0.15) is 87.2 Å². The third-order valence-electron chi connectivity index (χ3n) is 9.77. The lowest BCUT2D eigenvalue weighted by molar-refractivity contribution is 0.0928. The normalized spacial score (nSPS) is 17.2. The van der Waals surface area contributed by atoms with Gasteiger partial charge >= 0.3 is 0 Å². The Hall–Kier alpha value is -4.20. The lowest BCUT2D eigenvalue weighted by Gasteiger charge is -2.35. The van der Waals surface area contributed by atoms with Gasteiger partial charge in [-0.1, -0.05) is 12.1 Å². The van der Waals surface area contributed by atoms with Gasteiger partial charge in [0.1, 0.15) is 0 Å². The van der Waals surface area contributed by atoms with Crippen LogP contribution in [0.25, 0.3) is 28.0 Å². The molecule has 6 heterocycles. The fraction of sp³-hybridized carbons (Fsp3) is 0.514. The number of carbonyl (C=O) groups is 1. The Balaban J connectivity index is 0.00000417. The van der Waals surface area contributed by atoms with E-state index in [0.29, 0.717) is 6.04 Å². The molecule has 1 amide bonds. The molecule has 2 N–H and O–H groups in total. The summed E-state index contributed by atoms with van der Waals surface area (Å²) in [6.45, 7) is 15.7. The minimum atomic E-state index is -0.361. The van der Waals surface area contributed by atoms with Crippen LogP contribution in [0.4, 0.5) is 0 Å². The number of hydrogen-bond donors (Lipinski definition) is 2. The third-order valence-corrected chi connectivity index (χ3v) is 9.77. The quantitative estimate of drug-likeness (QED) is 0.235. The van der Waals surface area contributed by atoms with Crippen molar-refractivity contribution >= 4 is 23.8 Å². The van der Waals surface area contributed by atoms with Crippen LogP contribution in [0.15, 0.2) is 49.1 Å². The summed E-state index contributed by atoms with van der Waals surface area (Å²) in [7, 11) is 0. The molecule has 2 fully saturated rings. The summed E-state index contributed by atoms with van der Waals surface area (Å²) < 4.78 is 4.03. The first-order valence-corrected chi connectivity index (χ1v) is 17.2. The maximum atomic E-state index is 12.9. The Kier molecular flexibility index (Phi) is 10.1. The van der Waals surface area contributed by atoms with Crippen molar-refractivity contribution in [3.05, 3.63) is 66.0 Å². The number of nitrogens with one attached hydrogen (secondary N) is 2. The minimum absolute atomic E-state index is 0. The monoisotopic (exact) mass is 686 g/mol. The van der Waals surface area contributed by atoms with Gasteiger partial charge in [0.05, 0.1) is 53.1 Å².